The number of pyridine rings is 1. The van der Waals surface area contributed by atoms with Crippen LogP contribution < -0.4 is 0 Å². The summed E-state index contributed by atoms with van der Waals surface area (Å²) in [4.78, 5) is 7.44. The average Bonchev–Trinajstić information content (AvgIpc) is 2.69. The average molecular weight is 247 g/mol. The minimum atomic E-state index is 0.478. The number of aromatic nitrogens is 3. The fourth-order valence-corrected chi connectivity index (χ4v) is 2.15. The van der Waals surface area contributed by atoms with Gasteiger partial charge in [-0.15, -0.1) is 0 Å². The molecule has 1 N–H and O–H groups in total. The van der Waals surface area contributed by atoms with E-state index in [4.69, 9.17) is 12.2 Å². The standard InChI is InChI=1S/C13H17N3S/c1-10(2)12-9-15-13(17)16(12)8-6-11-5-3-4-7-14-11/h3-5,7,9-10H,6,8H2,1-2H3,(H,15,17). The molecule has 0 aliphatic carbocycles. The van der Waals surface area contributed by atoms with Gasteiger partial charge in [0.15, 0.2) is 4.77 Å². The minimum Gasteiger partial charge on any atom is -0.337 e. The van der Waals surface area contributed by atoms with E-state index in [2.05, 4.69) is 28.4 Å². The summed E-state index contributed by atoms with van der Waals surface area (Å²) in [5, 5.41) is 0. The van der Waals surface area contributed by atoms with Gasteiger partial charge in [0.25, 0.3) is 0 Å². The predicted molar refractivity (Wildman–Crippen MR) is 71.6 cm³/mol. The topological polar surface area (TPSA) is 33.6 Å². The van der Waals surface area contributed by atoms with Crippen LogP contribution in [0.1, 0.15) is 31.2 Å². The van der Waals surface area contributed by atoms with E-state index in [1.54, 1.807) is 0 Å². The van der Waals surface area contributed by atoms with Gasteiger partial charge in [-0.05, 0) is 30.3 Å². The molecule has 2 rings (SSSR count). The highest BCUT2D eigenvalue weighted by molar-refractivity contribution is 7.71. The summed E-state index contributed by atoms with van der Waals surface area (Å²) in [6, 6.07) is 6.00. The molecular weight excluding hydrogens is 230 g/mol. The molecule has 0 aliphatic rings. The van der Waals surface area contributed by atoms with Crippen molar-refractivity contribution in [3.05, 3.63) is 46.8 Å². The second-order valence-corrected chi connectivity index (χ2v) is 4.78. The van der Waals surface area contributed by atoms with Crippen molar-refractivity contribution in [3.8, 4) is 0 Å². The Kier molecular flexibility index (Phi) is 3.74. The molecule has 17 heavy (non-hydrogen) atoms. The molecule has 0 bridgehead atoms. The molecule has 0 saturated heterocycles. The van der Waals surface area contributed by atoms with E-state index in [0.29, 0.717) is 5.92 Å². The van der Waals surface area contributed by atoms with E-state index < -0.39 is 0 Å². The van der Waals surface area contributed by atoms with Crippen LogP contribution in [0.25, 0.3) is 0 Å². The van der Waals surface area contributed by atoms with Crippen molar-refractivity contribution < 1.29 is 0 Å². The Morgan fingerprint density at radius 1 is 1.41 bits per heavy atom. The molecule has 0 aliphatic heterocycles. The number of hydrogen-bond donors (Lipinski definition) is 1. The Labute approximate surface area is 107 Å². The van der Waals surface area contributed by atoms with Gasteiger partial charge in [-0.1, -0.05) is 19.9 Å². The Hall–Kier alpha value is -1.42. The SMILES string of the molecule is CC(C)c1c[nH]c(=S)n1CCc1ccccn1. The zero-order valence-corrected chi connectivity index (χ0v) is 11.0. The molecule has 4 heteroatoms. The molecule has 0 fully saturated rings. The number of nitrogens with one attached hydrogen (secondary N) is 1. The normalized spacial score (nSPS) is 11.0. The molecule has 2 heterocycles. The van der Waals surface area contributed by atoms with E-state index in [1.165, 1.54) is 5.69 Å². The summed E-state index contributed by atoms with van der Waals surface area (Å²) >= 11 is 5.29. The second kappa shape index (κ2) is 5.27. The van der Waals surface area contributed by atoms with Gasteiger partial charge in [-0.25, -0.2) is 0 Å². The fraction of sp³-hybridized carbons (Fsp3) is 0.385. The van der Waals surface area contributed by atoms with E-state index >= 15 is 0 Å². The quantitative estimate of drug-likeness (QED) is 0.841. The summed E-state index contributed by atoms with van der Waals surface area (Å²) in [6.45, 7) is 5.23. The third kappa shape index (κ3) is 2.82. The molecule has 3 nitrogen and oxygen atoms in total. The van der Waals surface area contributed by atoms with Crippen LogP contribution >= 0.6 is 12.2 Å². The van der Waals surface area contributed by atoms with Crippen LogP contribution in [-0.4, -0.2) is 14.5 Å². The first-order valence-corrected chi connectivity index (χ1v) is 6.27. The summed E-state index contributed by atoms with van der Waals surface area (Å²) in [7, 11) is 0. The molecule has 0 unspecified atom stereocenters. The number of H-pyrrole nitrogens is 1. The first-order chi connectivity index (χ1) is 8.18. The minimum absolute atomic E-state index is 0.478. The lowest BCUT2D eigenvalue weighted by molar-refractivity contribution is 0.621. The van der Waals surface area contributed by atoms with Crippen molar-refractivity contribution in [2.75, 3.05) is 0 Å². The van der Waals surface area contributed by atoms with Gasteiger partial charge in [0.05, 0.1) is 0 Å². The zero-order valence-electron chi connectivity index (χ0n) is 10.2. The third-order valence-corrected chi connectivity index (χ3v) is 3.15. The Balaban J connectivity index is 2.14. The molecule has 0 spiro atoms. The molecular formula is C13H17N3S. The first kappa shape index (κ1) is 12.0. The van der Waals surface area contributed by atoms with Crippen LogP contribution in [0.5, 0.6) is 0 Å². The van der Waals surface area contributed by atoms with Crippen molar-refractivity contribution in [2.45, 2.75) is 32.7 Å². The molecule has 2 aromatic heterocycles. The molecule has 90 valence electrons. The molecule has 0 aromatic carbocycles. The van der Waals surface area contributed by atoms with Crippen molar-refractivity contribution >= 4 is 12.2 Å². The number of nitrogens with zero attached hydrogens (tertiary/aromatic N) is 2. The largest absolute Gasteiger partial charge is 0.337 e. The van der Waals surface area contributed by atoms with Gasteiger partial charge in [-0.3, -0.25) is 4.98 Å². The maximum atomic E-state index is 5.29. The van der Waals surface area contributed by atoms with Crippen LogP contribution in [-0.2, 0) is 13.0 Å². The lowest BCUT2D eigenvalue weighted by atomic mass is 10.1. The molecule has 0 saturated carbocycles. The number of aromatic amines is 1. The number of hydrogen-bond acceptors (Lipinski definition) is 2. The van der Waals surface area contributed by atoms with Crippen molar-refractivity contribution in [3.63, 3.8) is 0 Å². The Morgan fingerprint density at radius 3 is 2.88 bits per heavy atom. The summed E-state index contributed by atoms with van der Waals surface area (Å²) in [5.41, 5.74) is 2.36. The van der Waals surface area contributed by atoms with Crippen LogP contribution in [0.2, 0.25) is 0 Å². The number of aryl methyl sites for hydroxylation is 1. The van der Waals surface area contributed by atoms with Gasteiger partial charge in [-0.2, -0.15) is 0 Å². The Morgan fingerprint density at radius 2 is 2.24 bits per heavy atom. The van der Waals surface area contributed by atoms with E-state index in [9.17, 15) is 0 Å². The highest BCUT2D eigenvalue weighted by atomic mass is 32.1. The van der Waals surface area contributed by atoms with E-state index in [0.717, 1.165) is 23.4 Å². The molecule has 2 aromatic rings. The maximum Gasteiger partial charge on any atom is 0.177 e. The van der Waals surface area contributed by atoms with Crippen molar-refractivity contribution in [1.82, 2.24) is 14.5 Å². The first-order valence-electron chi connectivity index (χ1n) is 5.86. The van der Waals surface area contributed by atoms with Crippen LogP contribution in [0.15, 0.2) is 30.6 Å². The lowest BCUT2D eigenvalue weighted by Crippen LogP contribution is -2.07. The molecule has 0 amide bonds. The smallest absolute Gasteiger partial charge is 0.177 e. The number of imidazole rings is 1. The summed E-state index contributed by atoms with van der Waals surface area (Å²) in [5.74, 6) is 0.478. The highest BCUT2D eigenvalue weighted by Crippen LogP contribution is 2.15. The van der Waals surface area contributed by atoms with Gasteiger partial charge < -0.3 is 9.55 Å². The van der Waals surface area contributed by atoms with Crippen molar-refractivity contribution in [1.29, 1.82) is 0 Å². The van der Waals surface area contributed by atoms with Crippen molar-refractivity contribution in [2.24, 2.45) is 0 Å². The highest BCUT2D eigenvalue weighted by Gasteiger charge is 2.07. The summed E-state index contributed by atoms with van der Waals surface area (Å²) < 4.78 is 2.96. The third-order valence-electron chi connectivity index (χ3n) is 2.81. The van der Waals surface area contributed by atoms with Crippen LogP contribution in [0.3, 0.4) is 0 Å². The maximum absolute atomic E-state index is 5.29. The van der Waals surface area contributed by atoms with Gasteiger partial charge in [0.1, 0.15) is 0 Å². The fourth-order valence-electron chi connectivity index (χ4n) is 1.89. The molecule has 0 radical (unpaired) electrons. The monoisotopic (exact) mass is 247 g/mol. The van der Waals surface area contributed by atoms with Gasteiger partial charge in [0, 0.05) is 36.7 Å². The summed E-state index contributed by atoms with van der Waals surface area (Å²) in [6.07, 6.45) is 4.74. The van der Waals surface area contributed by atoms with Crippen LogP contribution in [0, 0.1) is 4.77 Å². The number of rotatable bonds is 4. The van der Waals surface area contributed by atoms with Crippen LogP contribution in [0.4, 0.5) is 0 Å². The van der Waals surface area contributed by atoms with E-state index in [1.807, 2.05) is 30.6 Å². The Bertz CT molecular complexity index is 525. The predicted octanol–water partition coefficient (Wildman–Crippen LogP) is 3.31. The molecule has 0 atom stereocenters. The lowest BCUT2D eigenvalue weighted by Gasteiger charge is -2.10. The zero-order chi connectivity index (χ0) is 12.3. The van der Waals surface area contributed by atoms with E-state index in [-0.39, 0.29) is 0 Å². The second-order valence-electron chi connectivity index (χ2n) is 4.40. The van der Waals surface area contributed by atoms with Gasteiger partial charge in [0.2, 0.25) is 0 Å². The van der Waals surface area contributed by atoms with Gasteiger partial charge >= 0.3 is 0 Å².